The van der Waals surface area contributed by atoms with Crippen LogP contribution in [0.2, 0.25) is 0 Å². The number of nitrogens with zero attached hydrogens (tertiary/aromatic N) is 1. The lowest BCUT2D eigenvalue weighted by Crippen LogP contribution is -2.23. The highest BCUT2D eigenvalue weighted by Crippen LogP contribution is 2.23. The molecule has 2 rings (SSSR count). The molecule has 0 fully saturated rings. The van der Waals surface area contributed by atoms with Crippen molar-refractivity contribution in [2.45, 2.75) is 19.8 Å². The van der Waals surface area contributed by atoms with Crippen LogP contribution in [-0.2, 0) is 6.54 Å². The number of amides is 1. The quantitative estimate of drug-likeness (QED) is 0.943. The molecular weight excluding hydrogens is 297 g/mol. The molecule has 1 amide bonds. The summed E-state index contributed by atoms with van der Waals surface area (Å²) >= 11 is 0. The summed E-state index contributed by atoms with van der Waals surface area (Å²) in [6.45, 7) is 2.07. The molecule has 0 bridgehead atoms. The monoisotopic (exact) mass is 310 g/mol. The van der Waals surface area contributed by atoms with Crippen molar-refractivity contribution >= 4 is 5.91 Å². The van der Waals surface area contributed by atoms with Gasteiger partial charge in [0, 0.05) is 11.8 Å². The lowest BCUT2D eigenvalue weighted by Gasteiger charge is -2.10. The zero-order chi connectivity index (χ0) is 16.2. The summed E-state index contributed by atoms with van der Waals surface area (Å²) in [6.07, 6.45) is -3.12. The average Bonchev–Trinajstić information content (AvgIpc) is 2.45. The highest BCUT2D eigenvalue weighted by molar-refractivity contribution is 5.94. The molecule has 0 unspecified atom stereocenters. The SMILES string of the molecule is Cc1ccc(CNC(=O)c2cccc(OC(F)(F)F)c2)nc1. The van der Waals surface area contributed by atoms with Crippen LogP contribution in [0.3, 0.4) is 0 Å². The highest BCUT2D eigenvalue weighted by atomic mass is 19.4. The van der Waals surface area contributed by atoms with Crippen LogP contribution in [0.5, 0.6) is 5.75 Å². The van der Waals surface area contributed by atoms with Gasteiger partial charge in [-0.15, -0.1) is 13.2 Å². The molecule has 2 aromatic rings. The molecule has 1 heterocycles. The molecule has 0 saturated carbocycles. The third-order valence-electron chi connectivity index (χ3n) is 2.73. The number of alkyl halides is 3. The molecule has 1 aromatic carbocycles. The standard InChI is InChI=1S/C15H13F3N2O2/c1-10-5-6-12(19-8-10)9-20-14(21)11-3-2-4-13(7-11)22-15(16,17)18/h2-8H,9H2,1H3,(H,20,21). The number of benzene rings is 1. The zero-order valence-electron chi connectivity index (χ0n) is 11.6. The fourth-order valence-electron chi connectivity index (χ4n) is 1.71. The number of hydrogen-bond acceptors (Lipinski definition) is 3. The number of hydrogen-bond donors (Lipinski definition) is 1. The minimum absolute atomic E-state index is 0.0776. The van der Waals surface area contributed by atoms with Gasteiger partial charge in [-0.05, 0) is 36.8 Å². The van der Waals surface area contributed by atoms with Gasteiger partial charge in [0.15, 0.2) is 0 Å². The Morgan fingerprint density at radius 2 is 2.05 bits per heavy atom. The number of aromatic nitrogens is 1. The largest absolute Gasteiger partial charge is 0.573 e. The van der Waals surface area contributed by atoms with Crippen LogP contribution in [0, 0.1) is 6.92 Å². The number of aryl methyl sites for hydroxylation is 1. The van der Waals surface area contributed by atoms with Gasteiger partial charge in [-0.2, -0.15) is 0 Å². The summed E-state index contributed by atoms with van der Waals surface area (Å²) in [5, 5.41) is 2.59. The van der Waals surface area contributed by atoms with Gasteiger partial charge in [-0.3, -0.25) is 9.78 Å². The van der Waals surface area contributed by atoms with E-state index in [4.69, 9.17) is 0 Å². The Morgan fingerprint density at radius 3 is 2.68 bits per heavy atom. The van der Waals surface area contributed by atoms with E-state index >= 15 is 0 Å². The van der Waals surface area contributed by atoms with E-state index in [2.05, 4.69) is 15.0 Å². The summed E-state index contributed by atoms with van der Waals surface area (Å²) in [5.74, 6) is -0.941. The van der Waals surface area contributed by atoms with E-state index in [1.807, 2.05) is 13.0 Å². The van der Waals surface area contributed by atoms with Crippen molar-refractivity contribution in [3.05, 3.63) is 59.4 Å². The molecule has 22 heavy (non-hydrogen) atoms. The second kappa shape index (κ2) is 6.46. The van der Waals surface area contributed by atoms with Gasteiger partial charge in [-0.25, -0.2) is 0 Å². The lowest BCUT2D eigenvalue weighted by molar-refractivity contribution is -0.274. The summed E-state index contributed by atoms with van der Waals surface area (Å²) in [6, 6.07) is 8.50. The summed E-state index contributed by atoms with van der Waals surface area (Å²) < 4.78 is 40.2. The zero-order valence-corrected chi connectivity index (χ0v) is 11.6. The van der Waals surface area contributed by atoms with Crippen LogP contribution >= 0.6 is 0 Å². The minimum atomic E-state index is -4.79. The van der Waals surface area contributed by atoms with Gasteiger partial charge < -0.3 is 10.1 Å². The number of nitrogens with one attached hydrogen (secondary N) is 1. The van der Waals surface area contributed by atoms with Crippen LogP contribution in [0.1, 0.15) is 21.6 Å². The second-order valence-corrected chi connectivity index (χ2v) is 4.59. The number of rotatable bonds is 4. The maximum absolute atomic E-state index is 12.1. The van der Waals surface area contributed by atoms with E-state index in [0.717, 1.165) is 17.7 Å². The van der Waals surface area contributed by atoms with Crippen LogP contribution < -0.4 is 10.1 Å². The Balaban J connectivity index is 2.00. The number of carbonyl (C=O) groups is 1. The van der Waals surface area contributed by atoms with Gasteiger partial charge in [0.25, 0.3) is 5.91 Å². The van der Waals surface area contributed by atoms with Crippen LogP contribution in [0.25, 0.3) is 0 Å². The van der Waals surface area contributed by atoms with Gasteiger partial charge in [0.1, 0.15) is 5.75 Å². The van der Waals surface area contributed by atoms with E-state index in [1.54, 1.807) is 12.3 Å². The molecule has 0 aliphatic heterocycles. The topological polar surface area (TPSA) is 51.2 Å². The molecule has 1 aromatic heterocycles. The molecule has 0 aliphatic rings. The smallest absolute Gasteiger partial charge is 0.406 e. The molecule has 0 atom stereocenters. The Labute approximate surface area is 124 Å². The van der Waals surface area contributed by atoms with Gasteiger partial charge in [0.05, 0.1) is 12.2 Å². The number of carbonyl (C=O) groups excluding carboxylic acids is 1. The first kappa shape index (κ1) is 15.8. The van der Waals surface area contributed by atoms with Crippen molar-refractivity contribution in [3.63, 3.8) is 0 Å². The van der Waals surface area contributed by atoms with E-state index in [1.165, 1.54) is 12.1 Å². The van der Waals surface area contributed by atoms with Crippen molar-refractivity contribution in [1.82, 2.24) is 10.3 Å². The van der Waals surface area contributed by atoms with E-state index in [-0.39, 0.29) is 12.1 Å². The van der Waals surface area contributed by atoms with E-state index in [9.17, 15) is 18.0 Å². The van der Waals surface area contributed by atoms with Crippen molar-refractivity contribution < 1.29 is 22.7 Å². The molecule has 0 saturated heterocycles. The van der Waals surface area contributed by atoms with Crippen molar-refractivity contribution in [3.8, 4) is 5.75 Å². The van der Waals surface area contributed by atoms with Gasteiger partial charge in [-0.1, -0.05) is 12.1 Å². The third kappa shape index (κ3) is 4.76. The number of halogens is 3. The van der Waals surface area contributed by atoms with E-state index in [0.29, 0.717) is 5.69 Å². The van der Waals surface area contributed by atoms with Gasteiger partial charge >= 0.3 is 6.36 Å². The highest BCUT2D eigenvalue weighted by Gasteiger charge is 2.31. The number of pyridine rings is 1. The fraction of sp³-hybridized carbons (Fsp3) is 0.200. The van der Waals surface area contributed by atoms with Crippen molar-refractivity contribution in [2.75, 3.05) is 0 Å². The summed E-state index contributed by atoms with van der Waals surface area (Å²) in [7, 11) is 0. The Morgan fingerprint density at radius 1 is 1.27 bits per heavy atom. The predicted molar refractivity (Wildman–Crippen MR) is 73.3 cm³/mol. The predicted octanol–water partition coefficient (Wildman–Crippen LogP) is 3.22. The molecule has 0 spiro atoms. The Kier molecular flexibility index (Phi) is 4.65. The first-order valence-electron chi connectivity index (χ1n) is 6.39. The van der Waals surface area contributed by atoms with E-state index < -0.39 is 18.0 Å². The minimum Gasteiger partial charge on any atom is -0.406 e. The van der Waals surface area contributed by atoms with Crippen LogP contribution in [0.4, 0.5) is 13.2 Å². The van der Waals surface area contributed by atoms with Crippen molar-refractivity contribution in [1.29, 1.82) is 0 Å². The molecular formula is C15H13F3N2O2. The molecule has 7 heteroatoms. The Hall–Kier alpha value is -2.57. The fourth-order valence-corrected chi connectivity index (χ4v) is 1.71. The normalized spacial score (nSPS) is 11.1. The van der Waals surface area contributed by atoms with Crippen molar-refractivity contribution in [2.24, 2.45) is 0 Å². The lowest BCUT2D eigenvalue weighted by atomic mass is 10.2. The maximum Gasteiger partial charge on any atom is 0.573 e. The molecule has 116 valence electrons. The third-order valence-corrected chi connectivity index (χ3v) is 2.73. The summed E-state index contributed by atoms with van der Waals surface area (Å²) in [4.78, 5) is 16.0. The maximum atomic E-state index is 12.1. The molecule has 4 nitrogen and oxygen atoms in total. The first-order valence-corrected chi connectivity index (χ1v) is 6.39. The first-order chi connectivity index (χ1) is 10.3. The molecule has 1 N–H and O–H groups in total. The summed E-state index contributed by atoms with van der Waals surface area (Å²) in [5.41, 5.74) is 1.72. The Bertz CT molecular complexity index is 655. The number of ether oxygens (including phenoxy) is 1. The van der Waals surface area contributed by atoms with Crippen LogP contribution in [-0.4, -0.2) is 17.3 Å². The second-order valence-electron chi connectivity index (χ2n) is 4.59. The van der Waals surface area contributed by atoms with Gasteiger partial charge in [0.2, 0.25) is 0 Å². The average molecular weight is 310 g/mol. The molecule has 0 aliphatic carbocycles. The van der Waals surface area contributed by atoms with Crippen LogP contribution in [0.15, 0.2) is 42.6 Å². The molecule has 0 radical (unpaired) electrons.